The van der Waals surface area contributed by atoms with Crippen molar-refractivity contribution >= 4 is 0 Å². The first-order chi connectivity index (χ1) is 10.9. The second kappa shape index (κ2) is 7.42. The Labute approximate surface area is 130 Å². The van der Waals surface area contributed by atoms with Crippen LogP contribution in [0.1, 0.15) is 25.5 Å². The van der Waals surface area contributed by atoms with Gasteiger partial charge in [0.25, 0.3) is 0 Å². The summed E-state index contributed by atoms with van der Waals surface area (Å²) in [6, 6.07) is 7.79. The Morgan fingerprint density at radius 2 is 2.27 bits per heavy atom. The van der Waals surface area contributed by atoms with E-state index in [1.165, 1.54) is 0 Å². The van der Waals surface area contributed by atoms with Gasteiger partial charge in [-0.3, -0.25) is 0 Å². The van der Waals surface area contributed by atoms with Crippen molar-refractivity contribution in [3.8, 4) is 17.2 Å². The van der Waals surface area contributed by atoms with Crippen molar-refractivity contribution in [3.05, 3.63) is 36.2 Å². The lowest BCUT2D eigenvalue weighted by molar-refractivity contribution is 0.110. The monoisotopic (exact) mass is 302 g/mol. The number of oxazole rings is 1. The largest absolute Gasteiger partial charge is 0.493 e. The molecule has 0 unspecified atom stereocenters. The predicted octanol–water partition coefficient (Wildman–Crippen LogP) is 3.01. The van der Waals surface area contributed by atoms with Crippen molar-refractivity contribution in [2.75, 3.05) is 19.8 Å². The van der Waals surface area contributed by atoms with Crippen molar-refractivity contribution in [1.82, 2.24) is 10.3 Å². The van der Waals surface area contributed by atoms with Crippen LogP contribution in [0.3, 0.4) is 0 Å². The quantitative estimate of drug-likeness (QED) is 0.852. The first kappa shape index (κ1) is 15.1. The van der Waals surface area contributed by atoms with Crippen LogP contribution in [0.15, 0.2) is 34.9 Å². The smallest absolute Gasteiger partial charge is 0.229 e. The summed E-state index contributed by atoms with van der Waals surface area (Å²) in [4.78, 5) is 4.54. The van der Waals surface area contributed by atoms with E-state index in [2.05, 4.69) is 10.3 Å². The van der Waals surface area contributed by atoms with Crippen molar-refractivity contribution in [1.29, 1.82) is 0 Å². The van der Waals surface area contributed by atoms with E-state index in [1.54, 1.807) is 6.26 Å². The number of nitrogens with zero attached hydrogens (tertiary/aromatic N) is 1. The Bertz CT molecular complexity index is 591. The molecule has 5 heteroatoms. The van der Waals surface area contributed by atoms with Crippen LogP contribution in [0, 0.1) is 0 Å². The lowest BCUT2D eigenvalue weighted by Gasteiger charge is -2.09. The molecule has 0 radical (unpaired) electrons. The molecule has 2 heterocycles. The van der Waals surface area contributed by atoms with Gasteiger partial charge < -0.3 is 19.2 Å². The molecule has 2 aromatic rings. The second-order valence-corrected chi connectivity index (χ2v) is 5.34. The van der Waals surface area contributed by atoms with Gasteiger partial charge in [0.05, 0.1) is 24.0 Å². The summed E-state index contributed by atoms with van der Waals surface area (Å²) >= 11 is 0. The van der Waals surface area contributed by atoms with Gasteiger partial charge in [-0.05, 0) is 31.9 Å². The summed E-state index contributed by atoms with van der Waals surface area (Å²) in [6.45, 7) is 5.01. The standard InChI is InChI=1S/C17H22N2O3/c1-2-20-16-8-4-3-7-15(16)17-19-13(12-22-17)10-18-11-14-6-5-9-21-14/h3-4,7-8,12,14,18H,2,5-6,9-11H2,1H3/t14-/m0/s1. The molecule has 5 nitrogen and oxygen atoms in total. The number of nitrogens with one attached hydrogen (secondary N) is 1. The van der Waals surface area contributed by atoms with Gasteiger partial charge in [-0.25, -0.2) is 4.98 Å². The van der Waals surface area contributed by atoms with E-state index in [9.17, 15) is 0 Å². The molecule has 1 aliphatic rings. The van der Waals surface area contributed by atoms with E-state index in [4.69, 9.17) is 13.9 Å². The summed E-state index contributed by atoms with van der Waals surface area (Å²) in [7, 11) is 0. The molecule has 1 fully saturated rings. The number of ether oxygens (including phenoxy) is 2. The molecular formula is C17H22N2O3. The predicted molar refractivity (Wildman–Crippen MR) is 83.8 cm³/mol. The molecule has 0 aliphatic carbocycles. The third-order valence-corrected chi connectivity index (χ3v) is 3.67. The first-order valence-corrected chi connectivity index (χ1v) is 7.85. The van der Waals surface area contributed by atoms with E-state index in [1.807, 2.05) is 31.2 Å². The fourth-order valence-electron chi connectivity index (χ4n) is 2.60. The number of rotatable bonds is 7. The van der Waals surface area contributed by atoms with Gasteiger partial charge in [-0.15, -0.1) is 0 Å². The highest BCUT2D eigenvalue weighted by Crippen LogP contribution is 2.29. The van der Waals surface area contributed by atoms with Gasteiger partial charge in [0.2, 0.25) is 5.89 Å². The van der Waals surface area contributed by atoms with Crippen molar-refractivity contribution in [2.24, 2.45) is 0 Å². The third kappa shape index (κ3) is 3.67. The Morgan fingerprint density at radius 3 is 3.09 bits per heavy atom. The van der Waals surface area contributed by atoms with Crippen LogP contribution in [0.2, 0.25) is 0 Å². The normalized spacial score (nSPS) is 17.8. The van der Waals surface area contributed by atoms with Crippen LogP contribution in [-0.2, 0) is 11.3 Å². The van der Waals surface area contributed by atoms with E-state index in [0.717, 1.165) is 43.0 Å². The summed E-state index contributed by atoms with van der Waals surface area (Å²) in [5.41, 5.74) is 1.77. The van der Waals surface area contributed by atoms with Gasteiger partial charge in [0.15, 0.2) is 0 Å². The van der Waals surface area contributed by atoms with Gasteiger partial charge >= 0.3 is 0 Å². The maximum absolute atomic E-state index is 5.62. The molecule has 3 rings (SSSR count). The number of aromatic nitrogens is 1. The SMILES string of the molecule is CCOc1ccccc1-c1nc(CNC[C@@H]2CCCO2)co1. The van der Waals surface area contributed by atoms with Crippen LogP contribution < -0.4 is 10.1 Å². The molecule has 22 heavy (non-hydrogen) atoms. The zero-order valence-electron chi connectivity index (χ0n) is 12.9. The molecule has 1 aromatic heterocycles. The van der Waals surface area contributed by atoms with Crippen molar-refractivity contribution in [2.45, 2.75) is 32.4 Å². The van der Waals surface area contributed by atoms with Crippen LogP contribution in [0.5, 0.6) is 5.75 Å². The minimum Gasteiger partial charge on any atom is -0.493 e. The molecule has 118 valence electrons. The fourth-order valence-corrected chi connectivity index (χ4v) is 2.60. The number of hydrogen-bond donors (Lipinski definition) is 1. The molecule has 1 saturated heterocycles. The summed E-state index contributed by atoms with van der Waals surface area (Å²) in [5.74, 6) is 1.39. The van der Waals surface area contributed by atoms with Crippen LogP contribution in [-0.4, -0.2) is 30.8 Å². The van der Waals surface area contributed by atoms with E-state index in [0.29, 0.717) is 25.1 Å². The van der Waals surface area contributed by atoms with Crippen molar-refractivity contribution < 1.29 is 13.9 Å². The highest BCUT2D eigenvalue weighted by atomic mass is 16.5. The van der Waals surface area contributed by atoms with Crippen molar-refractivity contribution in [3.63, 3.8) is 0 Å². The highest BCUT2D eigenvalue weighted by Gasteiger charge is 2.15. The lowest BCUT2D eigenvalue weighted by atomic mass is 10.2. The zero-order valence-corrected chi connectivity index (χ0v) is 12.9. The summed E-state index contributed by atoms with van der Waals surface area (Å²) < 4.78 is 16.8. The Morgan fingerprint density at radius 1 is 1.36 bits per heavy atom. The maximum atomic E-state index is 5.62. The summed E-state index contributed by atoms with van der Waals surface area (Å²) in [5, 5.41) is 3.37. The van der Waals surface area contributed by atoms with Crippen LogP contribution in [0.4, 0.5) is 0 Å². The van der Waals surface area contributed by atoms with Gasteiger partial charge in [-0.1, -0.05) is 12.1 Å². The minimum absolute atomic E-state index is 0.338. The van der Waals surface area contributed by atoms with Gasteiger partial charge in [-0.2, -0.15) is 0 Å². The Kier molecular flexibility index (Phi) is 5.08. The average molecular weight is 302 g/mol. The Hall–Kier alpha value is -1.85. The molecule has 0 saturated carbocycles. The first-order valence-electron chi connectivity index (χ1n) is 7.85. The molecule has 0 spiro atoms. The fraction of sp³-hybridized carbons (Fsp3) is 0.471. The number of benzene rings is 1. The van der Waals surface area contributed by atoms with E-state index >= 15 is 0 Å². The van der Waals surface area contributed by atoms with Crippen LogP contribution in [0.25, 0.3) is 11.5 Å². The van der Waals surface area contributed by atoms with Gasteiger partial charge in [0, 0.05) is 19.7 Å². The molecule has 0 bridgehead atoms. The van der Waals surface area contributed by atoms with Gasteiger partial charge in [0.1, 0.15) is 12.0 Å². The molecule has 1 N–H and O–H groups in total. The molecule has 1 aliphatic heterocycles. The Balaban J connectivity index is 1.61. The molecule has 0 amide bonds. The molecule has 1 aromatic carbocycles. The number of hydrogen-bond acceptors (Lipinski definition) is 5. The van der Waals surface area contributed by atoms with Crippen LogP contribution >= 0.6 is 0 Å². The molecule has 1 atom stereocenters. The topological polar surface area (TPSA) is 56.5 Å². The average Bonchev–Trinajstić information content (AvgIpc) is 3.20. The lowest BCUT2D eigenvalue weighted by Crippen LogP contribution is -2.25. The van der Waals surface area contributed by atoms with E-state index in [-0.39, 0.29) is 0 Å². The zero-order chi connectivity index (χ0) is 15.2. The third-order valence-electron chi connectivity index (χ3n) is 3.67. The maximum Gasteiger partial charge on any atom is 0.229 e. The summed E-state index contributed by atoms with van der Waals surface area (Å²) in [6.07, 6.45) is 4.33. The highest BCUT2D eigenvalue weighted by molar-refractivity contribution is 5.62. The molecular weight excluding hydrogens is 280 g/mol. The second-order valence-electron chi connectivity index (χ2n) is 5.34. The minimum atomic E-state index is 0.338. The number of para-hydroxylation sites is 1. The van der Waals surface area contributed by atoms with E-state index < -0.39 is 0 Å².